The number of nitrogens with zero attached hydrogens (tertiary/aromatic N) is 4. The van der Waals surface area contributed by atoms with Gasteiger partial charge in [0.25, 0.3) is 10.0 Å². The van der Waals surface area contributed by atoms with Crippen LogP contribution >= 0.6 is 11.6 Å². The van der Waals surface area contributed by atoms with Crippen LogP contribution in [0.4, 0.5) is 0 Å². The van der Waals surface area contributed by atoms with Crippen molar-refractivity contribution in [1.82, 2.24) is 24.3 Å². The molecule has 108 valence electrons. The smallest absolute Gasteiger partial charge is 0.258 e. The number of hydrogen-bond acceptors (Lipinski definition) is 5. The summed E-state index contributed by atoms with van der Waals surface area (Å²) >= 11 is 5.95. The number of rotatable bonds is 4. The van der Waals surface area contributed by atoms with Crippen LogP contribution in [0.15, 0.2) is 47.9 Å². The van der Waals surface area contributed by atoms with Crippen molar-refractivity contribution >= 4 is 27.3 Å². The summed E-state index contributed by atoms with van der Waals surface area (Å²) in [6.45, 7) is -0.0118. The van der Waals surface area contributed by atoms with Crippen molar-refractivity contribution in [3.8, 4) is 0 Å². The standard InChI is InChI=1S/C12H10ClN5O2S/c13-9-3-1-5-14-10(9)7-17-21(19,20)12-8-15-11-4-2-6-16-18(11)12/h1-6,8,17H,7H2. The predicted molar refractivity (Wildman–Crippen MR) is 76.3 cm³/mol. The first-order valence-electron chi connectivity index (χ1n) is 5.96. The van der Waals surface area contributed by atoms with Gasteiger partial charge in [-0.2, -0.15) is 5.10 Å². The Morgan fingerprint density at radius 1 is 1.19 bits per heavy atom. The molecule has 0 aliphatic rings. The quantitative estimate of drug-likeness (QED) is 0.780. The molecule has 0 amide bonds. The van der Waals surface area contributed by atoms with E-state index in [-0.39, 0.29) is 11.6 Å². The van der Waals surface area contributed by atoms with E-state index >= 15 is 0 Å². The summed E-state index contributed by atoms with van der Waals surface area (Å²) in [4.78, 5) is 8.03. The normalized spacial score (nSPS) is 11.9. The van der Waals surface area contributed by atoms with E-state index in [1.807, 2.05) is 0 Å². The molecule has 3 aromatic heterocycles. The Bertz CT molecular complexity index is 893. The van der Waals surface area contributed by atoms with E-state index in [0.717, 1.165) is 0 Å². The van der Waals surface area contributed by atoms with E-state index in [4.69, 9.17) is 11.6 Å². The molecule has 21 heavy (non-hydrogen) atoms. The lowest BCUT2D eigenvalue weighted by atomic mass is 10.3. The van der Waals surface area contributed by atoms with Crippen molar-refractivity contribution in [2.45, 2.75) is 11.6 Å². The topological polar surface area (TPSA) is 89.2 Å². The number of fused-ring (bicyclic) bond motifs is 1. The number of imidazole rings is 1. The molecule has 0 fully saturated rings. The molecular weight excluding hydrogens is 314 g/mol. The molecule has 3 rings (SSSR count). The fourth-order valence-electron chi connectivity index (χ4n) is 1.78. The van der Waals surface area contributed by atoms with E-state index in [2.05, 4.69) is 19.8 Å². The Balaban J connectivity index is 1.89. The Labute approximate surface area is 125 Å². The number of hydrogen-bond donors (Lipinski definition) is 1. The Hall–Kier alpha value is -2.03. The van der Waals surface area contributed by atoms with Gasteiger partial charge in [0.2, 0.25) is 0 Å². The highest BCUT2D eigenvalue weighted by molar-refractivity contribution is 7.89. The maximum atomic E-state index is 12.3. The average molecular weight is 324 g/mol. The van der Waals surface area contributed by atoms with Crippen molar-refractivity contribution in [2.24, 2.45) is 0 Å². The second kappa shape index (κ2) is 5.40. The highest BCUT2D eigenvalue weighted by atomic mass is 35.5. The van der Waals surface area contributed by atoms with Crippen molar-refractivity contribution in [2.75, 3.05) is 0 Å². The highest BCUT2D eigenvalue weighted by Crippen LogP contribution is 2.14. The van der Waals surface area contributed by atoms with E-state index < -0.39 is 10.0 Å². The molecule has 0 unspecified atom stereocenters. The van der Waals surface area contributed by atoms with Crippen LogP contribution in [0.3, 0.4) is 0 Å². The minimum absolute atomic E-state index is 0.0118. The van der Waals surface area contributed by atoms with Crippen molar-refractivity contribution in [1.29, 1.82) is 0 Å². The summed E-state index contributed by atoms with van der Waals surface area (Å²) in [6, 6.07) is 6.67. The van der Waals surface area contributed by atoms with Gasteiger partial charge in [0.15, 0.2) is 10.7 Å². The van der Waals surface area contributed by atoms with Crippen LogP contribution in [0.2, 0.25) is 5.02 Å². The van der Waals surface area contributed by atoms with Crippen LogP contribution in [0, 0.1) is 0 Å². The molecule has 0 aliphatic carbocycles. The molecule has 0 aromatic carbocycles. The van der Waals surface area contributed by atoms with Gasteiger partial charge >= 0.3 is 0 Å². The zero-order valence-corrected chi connectivity index (χ0v) is 12.2. The van der Waals surface area contributed by atoms with Gasteiger partial charge in [0.05, 0.1) is 23.5 Å². The number of pyridine rings is 1. The van der Waals surface area contributed by atoms with Gasteiger partial charge in [-0.3, -0.25) is 4.98 Å². The first-order valence-corrected chi connectivity index (χ1v) is 7.82. The summed E-state index contributed by atoms with van der Waals surface area (Å²) < 4.78 is 28.3. The lowest BCUT2D eigenvalue weighted by Gasteiger charge is -2.06. The zero-order chi connectivity index (χ0) is 14.9. The third kappa shape index (κ3) is 2.73. The first-order chi connectivity index (χ1) is 10.1. The molecule has 7 nitrogen and oxygen atoms in total. The average Bonchev–Trinajstić information content (AvgIpc) is 2.91. The van der Waals surface area contributed by atoms with Gasteiger partial charge in [0, 0.05) is 12.4 Å². The van der Waals surface area contributed by atoms with Crippen molar-refractivity contribution < 1.29 is 8.42 Å². The van der Waals surface area contributed by atoms with Crippen LogP contribution in [0.5, 0.6) is 0 Å². The van der Waals surface area contributed by atoms with E-state index in [1.54, 1.807) is 30.5 Å². The second-order valence-electron chi connectivity index (χ2n) is 4.15. The Kier molecular flexibility index (Phi) is 3.58. The molecule has 0 aliphatic heterocycles. The SMILES string of the molecule is O=S(=O)(NCc1ncccc1Cl)c1cnc2cccnn12. The first kappa shape index (κ1) is 13.9. The number of sulfonamides is 1. The van der Waals surface area contributed by atoms with Crippen LogP contribution < -0.4 is 4.72 Å². The molecule has 0 bridgehead atoms. The third-order valence-electron chi connectivity index (χ3n) is 2.79. The maximum absolute atomic E-state index is 12.3. The van der Waals surface area contributed by atoms with Crippen LogP contribution in [0.25, 0.3) is 5.65 Å². The minimum atomic E-state index is -3.77. The molecule has 3 heterocycles. The zero-order valence-electron chi connectivity index (χ0n) is 10.6. The fraction of sp³-hybridized carbons (Fsp3) is 0.0833. The van der Waals surface area contributed by atoms with Gasteiger partial charge < -0.3 is 0 Å². The highest BCUT2D eigenvalue weighted by Gasteiger charge is 2.20. The second-order valence-corrected chi connectivity index (χ2v) is 6.27. The summed E-state index contributed by atoms with van der Waals surface area (Å²) in [6.07, 6.45) is 4.29. The molecular formula is C12H10ClN5O2S. The van der Waals surface area contributed by atoms with Crippen molar-refractivity contribution in [3.63, 3.8) is 0 Å². The van der Waals surface area contributed by atoms with E-state index in [1.165, 1.54) is 16.9 Å². The van der Waals surface area contributed by atoms with Gasteiger partial charge in [-0.1, -0.05) is 11.6 Å². The molecule has 0 saturated heterocycles. The maximum Gasteiger partial charge on any atom is 0.260 e. The molecule has 1 N–H and O–H groups in total. The Morgan fingerprint density at radius 3 is 2.81 bits per heavy atom. The van der Waals surface area contributed by atoms with Crippen LogP contribution in [-0.2, 0) is 16.6 Å². The number of nitrogens with one attached hydrogen (secondary N) is 1. The lowest BCUT2D eigenvalue weighted by molar-refractivity contribution is 0.572. The van der Waals surface area contributed by atoms with Gasteiger partial charge in [-0.25, -0.2) is 22.6 Å². The largest absolute Gasteiger partial charge is 0.260 e. The molecule has 0 saturated carbocycles. The Morgan fingerprint density at radius 2 is 2.00 bits per heavy atom. The number of aromatic nitrogens is 4. The third-order valence-corrected chi connectivity index (χ3v) is 4.48. The van der Waals surface area contributed by atoms with Gasteiger partial charge in [0.1, 0.15) is 0 Å². The van der Waals surface area contributed by atoms with Gasteiger partial charge in [-0.15, -0.1) is 0 Å². The molecule has 0 spiro atoms. The fourth-order valence-corrected chi connectivity index (χ4v) is 3.00. The summed E-state index contributed by atoms with van der Waals surface area (Å²) in [5.74, 6) is 0. The molecule has 0 atom stereocenters. The molecule has 9 heteroatoms. The predicted octanol–water partition coefficient (Wildman–Crippen LogP) is 1.26. The number of halogens is 1. The lowest BCUT2D eigenvalue weighted by Crippen LogP contribution is -2.25. The van der Waals surface area contributed by atoms with E-state index in [0.29, 0.717) is 16.4 Å². The molecule has 3 aromatic rings. The van der Waals surface area contributed by atoms with E-state index in [9.17, 15) is 8.42 Å². The minimum Gasteiger partial charge on any atom is -0.258 e. The summed E-state index contributed by atoms with van der Waals surface area (Å²) in [7, 11) is -3.77. The van der Waals surface area contributed by atoms with Crippen LogP contribution in [0.1, 0.15) is 5.69 Å². The summed E-state index contributed by atoms with van der Waals surface area (Å²) in [5.41, 5.74) is 0.901. The van der Waals surface area contributed by atoms with Crippen molar-refractivity contribution in [3.05, 3.63) is 53.6 Å². The van der Waals surface area contributed by atoms with Crippen LogP contribution in [-0.4, -0.2) is 28.0 Å². The monoisotopic (exact) mass is 323 g/mol. The molecule has 0 radical (unpaired) electrons. The van der Waals surface area contributed by atoms with Gasteiger partial charge in [-0.05, 0) is 24.3 Å². The summed E-state index contributed by atoms with van der Waals surface area (Å²) in [5, 5.41) is 4.34.